The van der Waals surface area contributed by atoms with E-state index in [4.69, 9.17) is 9.63 Å². The van der Waals surface area contributed by atoms with Crippen LogP contribution in [0.15, 0.2) is 30.3 Å². The van der Waals surface area contributed by atoms with Gasteiger partial charge in [0.05, 0.1) is 0 Å². The number of nitrogens with one attached hydrogen (secondary N) is 1. The first-order valence-corrected chi connectivity index (χ1v) is 6.40. The van der Waals surface area contributed by atoms with Crippen LogP contribution in [0.1, 0.15) is 12.0 Å². The van der Waals surface area contributed by atoms with Gasteiger partial charge >= 0.3 is 6.09 Å². The van der Waals surface area contributed by atoms with Crippen LogP contribution in [0.25, 0.3) is 0 Å². The van der Waals surface area contributed by atoms with Gasteiger partial charge in [0.15, 0.2) is 0 Å². The summed E-state index contributed by atoms with van der Waals surface area (Å²) in [5.74, 6) is 1.23. The lowest BCUT2D eigenvalue weighted by Crippen LogP contribution is -2.25. The second-order valence-corrected chi connectivity index (χ2v) is 4.23. The Morgan fingerprint density at radius 2 is 2.18 bits per heavy atom. The quantitative estimate of drug-likeness (QED) is 0.601. The molecular formula is C11H14NO4P. The Kier molecular flexibility index (Phi) is 6.25. The van der Waals surface area contributed by atoms with Gasteiger partial charge in [-0.05, 0) is 5.56 Å². The number of alkyl carbamates (subject to hydrolysis) is 1. The Morgan fingerprint density at radius 3 is 2.82 bits per heavy atom. The van der Waals surface area contributed by atoms with E-state index < -0.39 is 14.1 Å². The maximum atomic E-state index is 11.2. The lowest BCUT2D eigenvalue weighted by molar-refractivity contribution is -0.167. The molecule has 5 nitrogen and oxygen atoms in total. The molecule has 0 aliphatic carbocycles. The maximum absolute atomic E-state index is 11.2. The van der Waals surface area contributed by atoms with Crippen LogP contribution in [0.5, 0.6) is 0 Å². The van der Waals surface area contributed by atoms with Gasteiger partial charge in [0, 0.05) is 13.0 Å². The average molecular weight is 255 g/mol. The zero-order valence-corrected chi connectivity index (χ0v) is 10.1. The normalized spacial score (nSPS) is 11.1. The third kappa shape index (κ3) is 6.68. The van der Waals surface area contributed by atoms with E-state index in [1.807, 2.05) is 30.3 Å². The maximum Gasteiger partial charge on any atom is 0.407 e. The van der Waals surface area contributed by atoms with E-state index in [1.54, 1.807) is 0 Å². The van der Waals surface area contributed by atoms with Crippen molar-refractivity contribution < 1.29 is 19.3 Å². The minimum absolute atomic E-state index is 0.213. The highest BCUT2D eigenvalue weighted by molar-refractivity contribution is 7.43. The molecular weight excluding hydrogens is 241 g/mol. The number of carbonyl (C=O) groups is 1. The number of amides is 1. The first-order valence-electron chi connectivity index (χ1n) is 5.11. The summed E-state index contributed by atoms with van der Waals surface area (Å²) >= 11 is 0. The van der Waals surface area contributed by atoms with E-state index in [1.165, 1.54) is 5.80 Å². The lowest BCUT2D eigenvalue weighted by Gasteiger charge is -2.05. The highest BCUT2D eigenvalue weighted by Gasteiger charge is 2.01. The third-order valence-corrected chi connectivity index (χ3v) is 2.48. The van der Waals surface area contributed by atoms with Crippen LogP contribution < -0.4 is 10.2 Å². The summed E-state index contributed by atoms with van der Waals surface area (Å²) in [6.07, 6.45) is -0.193. The number of benzene rings is 1. The molecule has 0 aliphatic rings. The zero-order valence-electron chi connectivity index (χ0n) is 9.20. The number of hydrogen-bond acceptors (Lipinski definition) is 4. The number of rotatable bonds is 5. The van der Waals surface area contributed by atoms with Crippen molar-refractivity contribution in [3.05, 3.63) is 35.9 Å². The molecule has 1 aromatic carbocycles. The molecule has 0 aromatic heterocycles. The fourth-order valence-corrected chi connectivity index (χ4v) is 1.47. The van der Waals surface area contributed by atoms with E-state index in [0.717, 1.165) is 5.56 Å². The number of carbonyl (C=O) groups excluding carboxylic acids is 1. The molecule has 1 amide bonds. The summed E-state index contributed by atoms with van der Waals surface area (Å²) in [5.41, 5.74) is 0.910. The fraction of sp³-hybridized carbons (Fsp3) is 0.273. The van der Waals surface area contributed by atoms with Crippen molar-refractivity contribution in [2.24, 2.45) is 0 Å². The second kappa shape index (κ2) is 7.79. The summed E-state index contributed by atoms with van der Waals surface area (Å²) in [6, 6.07) is 9.33. The molecule has 1 rings (SSSR count). The lowest BCUT2D eigenvalue weighted by atomic mass is 10.2. The standard InChI is InChI=1S/C11H14NO4P/c13-11(12-7-4-8-17(14)15)16-9-10-5-2-1-3-6-10/h1-3,5-6,8H,4,7,9H2,(H,12,13)(H,14,15). The molecule has 0 spiro atoms. The van der Waals surface area contributed by atoms with Crippen LogP contribution in [-0.4, -0.2) is 23.3 Å². The average Bonchev–Trinajstić information content (AvgIpc) is 2.33. The summed E-state index contributed by atoms with van der Waals surface area (Å²) in [5, 5.41) is 2.48. The largest absolute Gasteiger partial charge is 0.603 e. The molecule has 0 radical (unpaired) electrons. The molecule has 0 saturated heterocycles. The van der Waals surface area contributed by atoms with Gasteiger partial charge in [-0.1, -0.05) is 30.3 Å². The van der Waals surface area contributed by atoms with Crippen molar-refractivity contribution in [3.8, 4) is 0 Å². The van der Waals surface area contributed by atoms with Crippen LogP contribution >= 0.6 is 8.00 Å². The minimum Gasteiger partial charge on any atom is -0.603 e. The van der Waals surface area contributed by atoms with E-state index in [0.29, 0.717) is 6.42 Å². The van der Waals surface area contributed by atoms with Crippen molar-refractivity contribution in [2.45, 2.75) is 13.0 Å². The highest BCUT2D eigenvalue weighted by Crippen LogP contribution is 2.01. The van der Waals surface area contributed by atoms with E-state index >= 15 is 0 Å². The van der Waals surface area contributed by atoms with E-state index in [-0.39, 0.29) is 13.2 Å². The SMILES string of the molecule is O=C(NCCC=[P+]([O-])O)OCc1ccccc1. The molecule has 0 saturated carbocycles. The highest BCUT2D eigenvalue weighted by atomic mass is 31.1. The molecule has 0 fully saturated rings. The third-order valence-electron chi connectivity index (χ3n) is 1.91. The van der Waals surface area contributed by atoms with Gasteiger partial charge in [-0.25, -0.2) is 4.79 Å². The first-order chi connectivity index (χ1) is 8.18. The Bertz CT molecular complexity index is 376. The van der Waals surface area contributed by atoms with Gasteiger partial charge in [0.2, 0.25) is 8.00 Å². The Morgan fingerprint density at radius 1 is 1.47 bits per heavy atom. The Labute approximate surface area is 101 Å². The van der Waals surface area contributed by atoms with Gasteiger partial charge in [-0.3, -0.25) is 0 Å². The predicted octanol–water partition coefficient (Wildman–Crippen LogP) is 0.770. The van der Waals surface area contributed by atoms with Crippen molar-refractivity contribution >= 4 is 19.9 Å². The van der Waals surface area contributed by atoms with Crippen molar-refractivity contribution in [1.29, 1.82) is 0 Å². The van der Waals surface area contributed by atoms with Crippen LogP contribution in [0, 0.1) is 0 Å². The van der Waals surface area contributed by atoms with Crippen molar-refractivity contribution in [3.63, 3.8) is 0 Å². The summed E-state index contributed by atoms with van der Waals surface area (Å²) in [7, 11) is -2.24. The molecule has 17 heavy (non-hydrogen) atoms. The van der Waals surface area contributed by atoms with Gasteiger partial charge < -0.3 is 14.9 Å². The van der Waals surface area contributed by atoms with Crippen LogP contribution in [0.3, 0.4) is 0 Å². The fourth-order valence-electron chi connectivity index (χ4n) is 1.12. The number of ether oxygens (including phenoxy) is 1. The molecule has 0 aliphatic heterocycles. The molecule has 1 aromatic rings. The van der Waals surface area contributed by atoms with E-state index in [9.17, 15) is 9.69 Å². The van der Waals surface area contributed by atoms with E-state index in [2.05, 4.69) is 5.32 Å². The molecule has 92 valence electrons. The zero-order chi connectivity index (χ0) is 12.5. The van der Waals surface area contributed by atoms with Crippen LogP contribution in [0.4, 0.5) is 4.79 Å². The minimum atomic E-state index is -2.24. The molecule has 0 bridgehead atoms. The Balaban J connectivity index is 2.16. The first kappa shape index (κ1) is 13.6. The molecule has 1 atom stereocenters. The molecule has 0 heterocycles. The monoisotopic (exact) mass is 255 g/mol. The van der Waals surface area contributed by atoms with Crippen molar-refractivity contribution in [2.75, 3.05) is 6.54 Å². The van der Waals surface area contributed by atoms with Gasteiger partial charge in [0.25, 0.3) is 0 Å². The van der Waals surface area contributed by atoms with Crippen LogP contribution in [0.2, 0.25) is 0 Å². The van der Waals surface area contributed by atoms with Gasteiger partial charge in [0.1, 0.15) is 12.4 Å². The molecule has 6 heteroatoms. The van der Waals surface area contributed by atoms with Crippen molar-refractivity contribution in [1.82, 2.24) is 5.32 Å². The summed E-state index contributed by atoms with van der Waals surface area (Å²) in [4.78, 5) is 30.0. The van der Waals surface area contributed by atoms with Crippen LogP contribution in [-0.2, 0) is 11.3 Å². The number of hydrogen-bond donors (Lipinski definition) is 2. The summed E-state index contributed by atoms with van der Waals surface area (Å²) in [6.45, 7) is 0.500. The summed E-state index contributed by atoms with van der Waals surface area (Å²) < 4.78 is 4.94. The predicted molar refractivity (Wildman–Crippen MR) is 64.4 cm³/mol. The smallest absolute Gasteiger partial charge is 0.407 e. The molecule has 2 N–H and O–H groups in total. The Hall–Kier alpha value is -1.42. The van der Waals surface area contributed by atoms with Gasteiger partial charge in [-0.15, -0.1) is 0 Å². The second-order valence-electron chi connectivity index (χ2n) is 3.26. The van der Waals surface area contributed by atoms with Gasteiger partial charge in [-0.2, -0.15) is 4.89 Å². The molecule has 1 unspecified atom stereocenters. The topological polar surface area (TPSA) is 81.6 Å².